The van der Waals surface area contributed by atoms with E-state index in [1.165, 1.54) is 0 Å². The van der Waals surface area contributed by atoms with Gasteiger partial charge in [-0.15, -0.1) is 0 Å². The molecule has 0 amide bonds. The van der Waals surface area contributed by atoms with Crippen molar-refractivity contribution in [3.8, 4) is 0 Å². The van der Waals surface area contributed by atoms with Gasteiger partial charge >= 0.3 is 0 Å². The van der Waals surface area contributed by atoms with Gasteiger partial charge in [-0.1, -0.05) is 13.8 Å². The first-order chi connectivity index (χ1) is 8.15. The number of ether oxygens (including phenoxy) is 1. The number of aromatic nitrogens is 2. The molecule has 0 bridgehead atoms. The van der Waals surface area contributed by atoms with Crippen molar-refractivity contribution in [2.75, 3.05) is 18.5 Å². The molecule has 0 aliphatic carbocycles. The Bertz CT molecular complexity index is 373. The van der Waals surface area contributed by atoms with E-state index >= 15 is 0 Å². The van der Waals surface area contributed by atoms with Crippen LogP contribution in [-0.4, -0.2) is 29.2 Å². The minimum atomic E-state index is 0.366. The Morgan fingerprint density at radius 3 is 2.65 bits per heavy atom. The molecule has 4 nitrogen and oxygen atoms in total. The first kappa shape index (κ1) is 12.3. The molecular formula is C13H21N3O. The van der Waals surface area contributed by atoms with Gasteiger partial charge in [-0.25, -0.2) is 9.97 Å². The van der Waals surface area contributed by atoms with Crippen molar-refractivity contribution in [1.82, 2.24) is 9.97 Å². The van der Waals surface area contributed by atoms with Crippen LogP contribution >= 0.6 is 0 Å². The Hall–Kier alpha value is -1.16. The van der Waals surface area contributed by atoms with Crippen LogP contribution in [0.4, 0.5) is 5.82 Å². The Morgan fingerprint density at radius 1 is 1.29 bits per heavy atom. The lowest BCUT2D eigenvalue weighted by molar-refractivity contribution is 0.0904. The van der Waals surface area contributed by atoms with Gasteiger partial charge in [0.15, 0.2) is 0 Å². The Balaban J connectivity index is 2.09. The lowest BCUT2D eigenvalue weighted by Crippen LogP contribution is -2.28. The molecule has 0 radical (unpaired) electrons. The summed E-state index contributed by atoms with van der Waals surface area (Å²) in [5.74, 6) is 2.23. The van der Waals surface area contributed by atoms with Gasteiger partial charge in [-0.05, 0) is 19.8 Å². The molecule has 0 aromatic carbocycles. The zero-order valence-electron chi connectivity index (χ0n) is 10.9. The molecule has 1 aromatic rings. The third-order valence-electron chi connectivity index (χ3n) is 2.96. The zero-order valence-corrected chi connectivity index (χ0v) is 10.9. The highest BCUT2D eigenvalue weighted by molar-refractivity contribution is 5.37. The highest BCUT2D eigenvalue weighted by Crippen LogP contribution is 2.17. The molecule has 0 spiro atoms. The van der Waals surface area contributed by atoms with E-state index in [2.05, 4.69) is 29.1 Å². The third kappa shape index (κ3) is 3.40. The van der Waals surface area contributed by atoms with Crippen molar-refractivity contribution >= 4 is 5.82 Å². The van der Waals surface area contributed by atoms with Crippen LogP contribution < -0.4 is 5.32 Å². The maximum atomic E-state index is 5.35. The number of anilines is 1. The average Bonchev–Trinajstić information content (AvgIpc) is 2.29. The first-order valence-electron chi connectivity index (χ1n) is 6.35. The van der Waals surface area contributed by atoms with Crippen LogP contribution in [0, 0.1) is 6.92 Å². The van der Waals surface area contributed by atoms with Crippen LogP contribution in [0.1, 0.15) is 44.1 Å². The summed E-state index contributed by atoms with van der Waals surface area (Å²) < 4.78 is 5.35. The van der Waals surface area contributed by atoms with E-state index in [0.29, 0.717) is 12.0 Å². The van der Waals surface area contributed by atoms with Crippen molar-refractivity contribution in [3.05, 3.63) is 17.6 Å². The number of rotatable bonds is 3. The number of nitrogens with zero attached hydrogens (tertiary/aromatic N) is 2. The SMILES string of the molecule is Cc1cc(NC2CCOCC2)nc(C(C)C)n1. The second-order valence-electron chi connectivity index (χ2n) is 4.94. The van der Waals surface area contributed by atoms with Gasteiger partial charge < -0.3 is 10.1 Å². The predicted octanol–water partition coefficient (Wildman–Crippen LogP) is 2.50. The van der Waals surface area contributed by atoms with Crippen molar-refractivity contribution in [1.29, 1.82) is 0 Å². The summed E-state index contributed by atoms with van der Waals surface area (Å²) in [6.45, 7) is 7.94. The summed E-state index contributed by atoms with van der Waals surface area (Å²) >= 11 is 0. The fourth-order valence-corrected chi connectivity index (χ4v) is 1.97. The normalized spacial score (nSPS) is 17.4. The Kier molecular flexibility index (Phi) is 3.94. The lowest BCUT2D eigenvalue weighted by Gasteiger charge is -2.24. The van der Waals surface area contributed by atoms with E-state index in [1.54, 1.807) is 0 Å². The topological polar surface area (TPSA) is 47.0 Å². The number of nitrogens with one attached hydrogen (secondary N) is 1. The summed E-state index contributed by atoms with van der Waals surface area (Å²) in [4.78, 5) is 9.01. The Morgan fingerprint density at radius 2 is 2.00 bits per heavy atom. The van der Waals surface area contributed by atoms with Crippen LogP contribution in [0.5, 0.6) is 0 Å². The van der Waals surface area contributed by atoms with Gasteiger partial charge in [0.2, 0.25) is 0 Å². The van der Waals surface area contributed by atoms with Crippen LogP contribution in [0.3, 0.4) is 0 Å². The minimum absolute atomic E-state index is 0.366. The van der Waals surface area contributed by atoms with Crippen molar-refractivity contribution in [2.45, 2.75) is 45.6 Å². The molecule has 0 unspecified atom stereocenters. The molecule has 2 heterocycles. The number of hydrogen-bond donors (Lipinski definition) is 1. The second kappa shape index (κ2) is 5.45. The molecular weight excluding hydrogens is 214 g/mol. The van der Waals surface area contributed by atoms with Crippen molar-refractivity contribution in [2.24, 2.45) is 0 Å². The molecule has 2 rings (SSSR count). The highest BCUT2D eigenvalue weighted by atomic mass is 16.5. The predicted molar refractivity (Wildman–Crippen MR) is 68.3 cm³/mol. The molecule has 4 heteroatoms. The number of aryl methyl sites for hydroxylation is 1. The van der Waals surface area contributed by atoms with Gasteiger partial charge in [0.25, 0.3) is 0 Å². The molecule has 1 aromatic heterocycles. The fourth-order valence-electron chi connectivity index (χ4n) is 1.97. The molecule has 0 saturated carbocycles. The molecule has 1 aliphatic heterocycles. The van der Waals surface area contributed by atoms with Gasteiger partial charge in [-0.3, -0.25) is 0 Å². The van der Waals surface area contributed by atoms with E-state index in [-0.39, 0.29) is 0 Å². The lowest BCUT2D eigenvalue weighted by atomic mass is 10.1. The van der Waals surface area contributed by atoms with Crippen molar-refractivity contribution < 1.29 is 4.74 Å². The zero-order chi connectivity index (χ0) is 12.3. The summed E-state index contributed by atoms with van der Waals surface area (Å²) in [6, 6.07) is 2.50. The third-order valence-corrected chi connectivity index (χ3v) is 2.96. The summed E-state index contributed by atoms with van der Waals surface area (Å²) in [5.41, 5.74) is 1.03. The quantitative estimate of drug-likeness (QED) is 0.874. The van der Waals surface area contributed by atoms with Gasteiger partial charge in [0, 0.05) is 36.9 Å². The average molecular weight is 235 g/mol. The smallest absolute Gasteiger partial charge is 0.133 e. The minimum Gasteiger partial charge on any atom is -0.381 e. The molecule has 94 valence electrons. The molecule has 1 N–H and O–H groups in total. The summed E-state index contributed by atoms with van der Waals surface area (Å²) in [7, 11) is 0. The number of hydrogen-bond acceptors (Lipinski definition) is 4. The second-order valence-corrected chi connectivity index (χ2v) is 4.94. The molecule has 0 atom stereocenters. The van der Waals surface area contributed by atoms with E-state index in [1.807, 2.05) is 13.0 Å². The Labute approximate surface area is 103 Å². The van der Waals surface area contributed by atoms with E-state index in [9.17, 15) is 0 Å². The summed E-state index contributed by atoms with van der Waals surface area (Å²) in [5, 5.41) is 3.49. The van der Waals surface area contributed by atoms with Crippen LogP contribution in [0.15, 0.2) is 6.07 Å². The van der Waals surface area contributed by atoms with Crippen LogP contribution in [0.2, 0.25) is 0 Å². The van der Waals surface area contributed by atoms with Gasteiger partial charge in [-0.2, -0.15) is 0 Å². The molecule has 17 heavy (non-hydrogen) atoms. The van der Waals surface area contributed by atoms with E-state index < -0.39 is 0 Å². The largest absolute Gasteiger partial charge is 0.381 e. The first-order valence-corrected chi connectivity index (χ1v) is 6.35. The van der Waals surface area contributed by atoms with E-state index in [4.69, 9.17) is 4.74 Å². The maximum Gasteiger partial charge on any atom is 0.133 e. The summed E-state index contributed by atoms with van der Waals surface area (Å²) in [6.07, 6.45) is 2.11. The van der Waals surface area contributed by atoms with Crippen LogP contribution in [0.25, 0.3) is 0 Å². The highest BCUT2D eigenvalue weighted by Gasteiger charge is 2.15. The van der Waals surface area contributed by atoms with Gasteiger partial charge in [0.1, 0.15) is 11.6 Å². The molecule has 1 aliphatic rings. The fraction of sp³-hybridized carbons (Fsp3) is 0.692. The van der Waals surface area contributed by atoms with Crippen molar-refractivity contribution in [3.63, 3.8) is 0 Å². The standard InChI is InChI=1S/C13H21N3O/c1-9(2)13-14-10(3)8-12(16-13)15-11-4-6-17-7-5-11/h8-9,11H,4-7H2,1-3H3,(H,14,15,16). The van der Waals surface area contributed by atoms with Crippen LogP contribution in [-0.2, 0) is 4.74 Å². The molecule has 1 fully saturated rings. The maximum absolute atomic E-state index is 5.35. The molecule has 1 saturated heterocycles. The van der Waals surface area contributed by atoms with E-state index in [0.717, 1.165) is 43.4 Å². The van der Waals surface area contributed by atoms with Gasteiger partial charge in [0.05, 0.1) is 0 Å². The monoisotopic (exact) mass is 235 g/mol.